The topological polar surface area (TPSA) is 49.8 Å². The molecule has 0 aliphatic heterocycles. The molecule has 0 heterocycles. The zero-order chi connectivity index (χ0) is 10.3. The van der Waals surface area contributed by atoms with E-state index in [9.17, 15) is 0 Å². The fraction of sp³-hybridized carbons (Fsp3) is 0.417. The molecule has 0 saturated heterocycles. The Kier molecular flexibility index (Phi) is 1.87. The van der Waals surface area contributed by atoms with E-state index in [-0.39, 0.29) is 11.5 Å². The molecule has 1 aliphatic rings. The van der Waals surface area contributed by atoms with Crippen molar-refractivity contribution in [2.75, 3.05) is 0 Å². The zero-order valence-corrected chi connectivity index (χ0v) is 8.54. The molecule has 0 saturated carbocycles. The Morgan fingerprint density at radius 3 is 2.86 bits per heavy atom. The summed E-state index contributed by atoms with van der Waals surface area (Å²) in [5.41, 5.74) is 9.31. The Bertz CT molecular complexity index is 413. The highest BCUT2D eigenvalue weighted by molar-refractivity contribution is 5.46. The molecule has 0 bridgehead atoms. The predicted molar refractivity (Wildman–Crippen MR) is 55.7 cm³/mol. The van der Waals surface area contributed by atoms with E-state index in [2.05, 4.69) is 19.9 Å². The van der Waals surface area contributed by atoms with Gasteiger partial charge in [-0.15, -0.1) is 0 Å². The lowest BCUT2D eigenvalue weighted by Gasteiger charge is -2.18. The lowest BCUT2D eigenvalue weighted by molar-refractivity contribution is 0.481. The summed E-state index contributed by atoms with van der Waals surface area (Å²) in [6.07, 6.45) is 0.969. The highest BCUT2D eigenvalue weighted by atomic mass is 14.7. The van der Waals surface area contributed by atoms with Crippen molar-refractivity contribution in [2.45, 2.75) is 31.7 Å². The van der Waals surface area contributed by atoms with Gasteiger partial charge in [0, 0.05) is 6.04 Å². The fourth-order valence-electron chi connectivity index (χ4n) is 2.30. The van der Waals surface area contributed by atoms with Crippen LogP contribution in [0.25, 0.3) is 0 Å². The van der Waals surface area contributed by atoms with Gasteiger partial charge in [-0.2, -0.15) is 5.26 Å². The summed E-state index contributed by atoms with van der Waals surface area (Å²) in [6.45, 7) is 4.36. The van der Waals surface area contributed by atoms with Crippen molar-refractivity contribution < 1.29 is 0 Å². The van der Waals surface area contributed by atoms with Gasteiger partial charge in [-0.1, -0.05) is 19.9 Å². The first kappa shape index (κ1) is 9.23. The Hall–Kier alpha value is -1.33. The van der Waals surface area contributed by atoms with Crippen LogP contribution in [0.5, 0.6) is 0 Å². The normalized spacial score (nSPS) is 22.9. The molecular weight excluding hydrogens is 172 g/mol. The molecule has 0 unspecified atom stereocenters. The van der Waals surface area contributed by atoms with Gasteiger partial charge in [0.25, 0.3) is 0 Å². The summed E-state index contributed by atoms with van der Waals surface area (Å²) in [7, 11) is 0. The molecule has 1 atom stereocenters. The smallest absolute Gasteiger partial charge is 0.0991 e. The lowest BCUT2D eigenvalue weighted by atomic mass is 9.86. The molecule has 1 aromatic carbocycles. The molecule has 14 heavy (non-hydrogen) atoms. The third kappa shape index (κ3) is 1.21. The molecule has 0 spiro atoms. The van der Waals surface area contributed by atoms with Gasteiger partial charge < -0.3 is 5.73 Å². The Balaban J connectivity index is 2.60. The molecule has 0 radical (unpaired) electrons. The molecule has 0 amide bonds. The summed E-state index contributed by atoms with van der Waals surface area (Å²) < 4.78 is 0. The minimum atomic E-state index is 0.113. The first-order valence-electron chi connectivity index (χ1n) is 4.85. The largest absolute Gasteiger partial charge is 0.324 e. The van der Waals surface area contributed by atoms with E-state index in [1.54, 1.807) is 0 Å². The van der Waals surface area contributed by atoms with Crippen molar-refractivity contribution in [1.29, 1.82) is 5.26 Å². The third-order valence-electron chi connectivity index (χ3n) is 3.04. The van der Waals surface area contributed by atoms with Gasteiger partial charge in [-0.25, -0.2) is 0 Å². The van der Waals surface area contributed by atoms with Crippen LogP contribution < -0.4 is 5.73 Å². The van der Waals surface area contributed by atoms with Crippen LogP contribution in [0.15, 0.2) is 18.2 Å². The van der Waals surface area contributed by atoms with Gasteiger partial charge in [-0.05, 0) is 35.1 Å². The second-order valence-electron chi connectivity index (χ2n) is 4.61. The van der Waals surface area contributed by atoms with Crippen molar-refractivity contribution in [3.63, 3.8) is 0 Å². The Morgan fingerprint density at radius 2 is 2.21 bits per heavy atom. The van der Waals surface area contributed by atoms with Crippen molar-refractivity contribution in [1.82, 2.24) is 0 Å². The van der Waals surface area contributed by atoms with Crippen molar-refractivity contribution in [3.05, 3.63) is 34.9 Å². The molecule has 0 fully saturated rings. The number of nitriles is 1. The summed E-state index contributed by atoms with van der Waals surface area (Å²) in [5, 5.41) is 8.82. The zero-order valence-electron chi connectivity index (χ0n) is 8.54. The quantitative estimate of drug-likeness (QED) is 0.675. The molecule has 2 N–H and O–H groups in total. The minimum Gasteiger partial charge on any atom is -0.324 e. The molecule has 2 nitrogen and oxygen atoms in total. The van der Waals surface area contributed by atoms with Crippen LogP contribution in [-0.4, -0.2) is 0 Å². The number of nitrogens with zero attached hydrogens (tertiary/aromatic N) is 1. The monoisotopic (exact) mass is 186 g/mol. The summed E-state index contributed by atoms with van der Waals surface area (Å²) in [6, 6.07) is 8.12. The van der Waals surface area contributed by atoms with Gasteiger partial charge in [-0.3, -0.25) is 0 Å². The number of rotatable bonds is 0. The fourth-order valence-corrected chi connectivity index (χ4v) is 2.30. The van der Waals surface area contributed by atoms with Crippen LogP contribution in [-0.2, 0) is 5.41 Å². The van der Waals surface area contributed by atoms with Crippen LogP contribution in [0.4, 0.5) is 0 Å². The van der Waals surface area contributed by atoms with Gasteiger partial charge in [0.05, 0.1) is 11.6 Å². The Morgan fingerprint density at radius 1 is 1.50 bits per heavy atom. The van der Waals surface area contributed by atoms with Crippen molar-refractivity contribution in [3.8, 4) is 6.07 Å². The van der Waals surface area contributed by atoms with E-state index in [0.29, 0.717) is 0 Å². The molecule has 0 aromatic heterocycles. The summed E-state index contributed by atoms with van der Waals surface area (Å²) in [5.74, 6) is 0. The first-order valence-corrected chi connectivity index (χ1v) is 4.85. The predicted octanol–water partition coefficient (Wildman–Crippen LogP) is 2.24. The van der Waals surface area contributed by atoms with E-state index in [4.69, 9.17) is 11.0 Å². The molecule has 1 aliphatic carbocycles. The van der Waals surface area contributed by atoms with Gasteiger partial charge in [0.1, 0.15) is 0 Å². The standard InChI is InChI=1S/C12H14N2/c1-12(2)6-11(14)9-4-3-8(7-13)5-10(9)12/h3-5,11H,6,14H2,1-2H3/t11-/m0/s1. The first-order chi connectivity index (χ1) is 6.54. The van der Waals surface area contributed by atoms with Crippen LogP contribution >= 0.6 is 0 Å². The van der Waals surface area contributed by atoms with Crippen LogP contribution in [0.1, 0.15) is 43.0 Å². The highest BCUT2D eigenvalue weighted by Crippen LogP contribution is 2.43. The maximum atomic E-state index is 8.82. The molecule has 72 valence electrons. The van der Waals surface area contributed by atoms with Gasteiger partial charge in [0.15, 0.2) is 0 Å². The average Bonchev–Trinajstić information content (AvgIpc) is 2.37. The number of hydrogen-bond acceptors (Lipinski definition) is 2. The van der Waals surface area contributed by atoms with E-state index >= 15 is 0 Å². The number of benzene rings is 1. The van der Waals surface area contributed by atoms with E-state index in [1.165, 1.54) is 11.1 Å². The second kappa shape index (κ2) is 2.83. The average molecular weight is 186 g/mol. The van der Waals surface area contributed by atoms with Crippen LogP contribution in [0, 0.1) is 11.3 Å². The van der Waals surface area contributed by atoms with E-state index < -0.39 is 0 Å². The molecule has 2 rings (SSSR count). The maximum Gasteiger partial charge on any atom is 0.0991 e. The van der Waals surface area contributed by atoms with E-state index in [0.717, 1.165) is 12.0 Å². The highest BCUT2D eigenvalue weighted by Gasteiger charge is 2.34. The second-order valence-corrected chi connectivity index (χ2v) is 4.61. The molecule has 1 aromatic rings. The maximum absolute atomic E-state index is 8.82. The van der Waals surface area contributed by atoms with Crippen molar-refractivity contribution in [2.24, 2.45) is 5.73 Å². The lowest BCUT2D eigenvalue weighted by Crippen LogP contribution is -2.14. The van der Waals surface area contributed by atoms with Gasteiger partial charge in [0.2, 0.25) is 0 Å². The van der Waals surface area contributed by atoms with Gasteiger partial charge >= 0.3 is 0 Å². The summed E-state index contributed by atoms with van der Waals surface area (Å²) in [4.78, 5) is 0. The number of nitrogens with two attached hydrogens (primary N) is 1. The Labute approximate surface area is 84.3 Å². The minimum absolute atomic E-state index is 0.113. The van der Waals surface area contributed by atoms with Crippen molar-refractivity contribution >= 4 is 0 Å². The van der Waals surface area contributed by atoms with Crippen LogP contribution in [0.2, 0.25) is 0 Å². The van der Waals surface area contributed by atoms with Crippen LogP contribution in [0.3, 0.4) is 0 Å². The number of hydrogen-bond donors (Lipinski definition) is 1. The summed E-state index contributed by atoms with van der Waals surface area (Å²) >= 11 is 0. The molecular formula is C12H14N2. The number of fused-ring (bicyclic) bond motifs is 1. The SMILES string of the molecule is CC1(C)C[C@H](N)c2ccc(C#N)cc21. The van der Waals surface area contributed by atoms with E-state index in [1.807, 2.05) is 18.2 Å². The molecule has 2 heteroatoms. The third-order valence-corrected chi connectivity index (χ3v) is 3.04.